The standard InChI is InChI=1S/C12H27N3O2/c1-10(2)9-15-12(16)14-6-8-17-7-5-13-11(3)4/h10-11,13H,5-9H2,1-4H3,(H2,14,15,16). The number of urea groups is 1. The Morgan fingerprint density at radius 3 is 2.29 bits per heavy atom. The first-order valence-corrected chi connectivity index (χ1v) is 6.35. The van der Waals surface area contributed by atoms with E-state index >= 15 is 0 Å². The molecule has 0 bridgehead atoms. The van der Waals surface area contributed by atoms with Crippen LogP contribution < -0.4 is 16.0 Å². The Bertz CT molecular complexity index is 196. The third-order valence-corrected chi connectivity index (χ3v) is 2.00. The van der Waals surface area contributed by atoms with E-state index in [1.807, 2.05) is 0 Å². The first kappa shape index (κ1) is 16.2. The predicted octanol–water partition coefficient (Wildman–Crippen LogP) is 0.956. The third kappa shape index (κ3) is 13.1. The lowest BCUT2D eigenvalue weighted by molar-refractivity contribution is 0.136. The molecule has 0 spiro atoms. The average molecular weight is 245 g/mol. The van der Waals surface area contributed by atoms with Crippen LogP contribution in [0.1, 0.15) is 27.7 Å². The fraction of sp³-hybridized carbons (Fsp3) is 0.917. The summed E-state index contributed by atoms with van der Waals surface area (Å²) in [6.45, 7) is 11.6. The summed E-state index contributed by atoms with van der Waals surface area (Å²) in [7, 11) is 0. The molecular weight excluding hydrogens is 218 g/mol. The van der Waals surface area contributed by atoms with Gasteiger partial charge in [0.2, 0.25) is 0 Å². The molecule has 0 saturated heterocycles. The highest BCUT2D eigenvalue weighted by Gasteiger charge is 2.00. The second kappa shape index (κ2) is 10.4. The lowest BCUT2D eigenvalue weighted by atomic mass is 10.2. The maximum Gasteiger partial charge on any atom is 0.314 e. The molecule has 0 rings (SSSR count). The fourth-order valence-electron chi connectivity index (χ4n) is 1.12. The van der Waals surface area contributed by atoms with Crippen molar-refractivity contribution in [3.05, 3.63) is 0 Å². The number of hydrogen-bond donors (Lipinski definition) is 3. The zero-order chi connectivity index (χ0) is 13.1. The third-order valence-electron chi connectivity index (χ3n) is 2.00. The molecule has 3 N–H and O–H groups in total. The van der Waals surface area contributed by atoms with Crippen molar-refractivity contribution in [1.82, 2.24) is 16.0 Å². The summed E-state index contributed by atoms with van der Waals surface area (Å²) in [5.41, 5.74) is 0. The van der Waals surface area contributed by atoms with Crippen LogP contribution in [0, 0.1) is 5.92 Å². The van der Waals surface area contributed by atoms with Gasteiger partial charge in [-0.2, -0.15) is 0 Å². The smallest absolute Gasteiger partial charge is 0.314 e. The SMILES string of the molecule is CC(C)CNC(=O)NCCOCCNC(C)C. The summed E-state index contributed by atoms with van der Waals surface area (Å²) in [6, 6.07) is 0.362. The van der Waals surface area contributed by atoms with Gasteiger partial charge in [0.15, 0.2) is 0 Å². The summed E-state index contributed by atoms with van der Waals surface area (Å²) in [6.07, 6.45) is 0. The quantitative estimate of drug-likeness (QED) is 0.530. The van der Waals surface area contributed by atoms with E-state index in [9.17, 15) is 4.79 Å². The Morgan fingerprint density at radius 1 is 1.06 bits per heavy atom. The average Bonchev–Trinajstić information content (AvgIpc) is 2.24. The highest BCUT2D eigenvalue weighted by atomic mass is 16.5. The Balaban J connectivity index is 3.19. The molecule has 0 aliphatic rings. The van der Waals surface area contributed by atoms with Crippen LogP contribution in [0.3, 0.4) is 0 Å². The Kier molecular flexibility index (Phi) is 9.86. The molecule has 0 saturated carbocycles. The van der Waals surface area contributed by atoms with Gasteiger partial charge in [-0.15, -0.1) is 0 Å². The first-order chi connectivity index (χ1) is 8.02. The molecule has 0 atom stereocenters. The van der Waals surface area contributed by atoms with Gasteiger partial charge in [-0.3, -0.25) is 0 Å². The molecule has 0 aromatic heterocycles. The molecular formula is C12H27N3O2. The fourth-order valence-corrected chi connectivity index (χ4v) is 1.12. The van der Waals surface area contributed by atoms with E-state index in [0.717, 1.165) is 6.54 Å². The summed E-state index contributed by atoms with van der Waals surface area (Å²) in [4.78, 5) is 11.2. The van der Waals surface area contributed by atoms with Gasteiger partial charge < -0.3 is 20.7 Å². The molecule has 0 aliphatic heterocycles. The van der Waals surface area contributed by atoms with Crippen molar-refractivity contribution in [2.75, 3.05) is 32.8 Å². The van der Waals surface area contributed by atoms with E-state index in [1.165, 1.54) is 0 Å². The molecule has 5 heteroatoms. The molecule has 0 unspecified atom stereocenters. The molecule has 2 amide bonds. The molecule has 5 nitrogen and oxygen atoms in total. The number of rotatable bonds is 9. The molecule has 0 heterocycles. The van der Waals surface area contributed by atoms with Gasteiger partial charge in [-0.25, -0.2) is 4.79 Å². The van der Waals surface area contributed by atoms with Crippen LogP contribution in [0.25, 0.3) is 0 Å². The Hall–Kier alpha value is -0.810. The van der Waals surface area contributed by atoms with Crippen molar-refractivity contribution in [1.29, 1.82) is 0 Å². The van der Waals surface area contributed by atoms with Gasteiger partial charge in [0.25, 0.3) is 0 Å². The Labute approximate surface area is 105 Å². The zero-order valence-electron chi connectivity index (χ0n) is 11.5. The van der Waals surface area contributed by atoms with E-state index in [2.05, 4.69) is 43.6 Å². The number of hydrogen-bond acceptors (Lipinski definition) is 3. The van der Waals surface area contributed by atoms with Crippen LogP contribution in [-0.2, 0) is 4.74 Å². The lowest BCUT2D eigenvalue weighted by Gasteiger charge is -2.10. The second-order valence-corrected chi connectivity index (χ2v) is 4.75. The van der Waals surface area contributed by atoms with Crippen molar-refractivity contribution in [2.45, 2.75) is 33.7 Å². The van der Waals surface area contributed by atoms with Crippen molar-refractivity contribution in [3.63, 3.8) is 0 Å². The zero-order valence-corrected chi connectivity index (χ0v) is 11.5. The van der Waals surface area contributed by atoms with E-state index in [1.54, 1.807) is 0 Å². The summed E-state index contributed by atoms with van der Waals surface area (Å²) in [5, 5.41) is 8.78. The first-order valence-electron chi connectivity index (χ1n) is 6.35. The van der Waals surface area contributed by atoms with E-state index in [0.29, 0.717) is 38.3 Å². The lowest BCUT2D eigenvalue weighted by Crippen LogP contribution is -2.39. The number of nitrogens with one attached hydrogen (secondary N) is 3. The van der Waals surface area contributed by atoms with E-state index < -0.39 is 0 Å². The van der Waals surface area contributed by atoms with Crippen molar-refractivity contribution in [2.24, 2.45) is 5.92 Å². The topological polar surface area (TPSA) is 62.4 Å². The number of carbonyl (C=O) groups excluding carboxylic acids is 1. The van der Waals surface area contributed by atoms with E-state index in [4.69, 9.17) is 4.74 Å². The normalized spacial score (nSPS) is 10.9. The highest BCUT2D eigenvalue weighted by Crippen LogP contribution is 1.86. The van der Waals surface area contributed by atoms with E-state index in [-0.39, 0.29) is 6.03 Å². The summed E-state index contributed by atoms with van der Waals surface area (Å²) in [5.74, 6) is 0.471. The molecule has 0 aliphatic carbocycles. The van der Waals surface area contributed by atoms with Crippen LogP contribution in [0.2, 0.25) is 0 Å². The highest BCUT2D eigenvalue weighted by molar-refractivity contribution is 5.73. The molecule has 102 valence electrons. The van der Waals surface area contributed by atoms with Gasteiger partial charge in [0, 0.05) is 25.7 Å². The van der Waals surface area contributed by atoms with Crippen LogP contribution in [-0.4, -0.2) is 44.9 Å². The van der Waals surface area contributed by atoms with Gasteiger partial charge in [-0.05, 0) is 5.92 Å². The minimum absolute atomic E-state index is 0.123. The minimum atomic E-state index is -0.123. The maximum absolute atomic E-state index is 11.2. The van der Waals surface area contributed by atoms with Crippen LogP contribution in [0.15, 0.2) is 0 Å². The van der Waals surface area contributed by atoms with Gasteiger partial charge in [0.05, 0.1) is 13.2 Å². The molecule has 0 aromatic rings. The van der Waals surface area contributed by atoms with Crippen molar-refractivity contribution in [3.8, 4) is 0 Å². The van der Waals surface area contributed by atoms with Gasteiger partial charge in [0.1, 0.15) is 0 Å². The largest absolute Gasteiger partial charge is 0.378 e. The van der Waals surface area contributed by atoms with Crippen molar-refractivity contribution >= 4 is 6.03 Å². The number of ether oxygens (including phenoxy) is 1. The van der Waals surface area contributed by atoms with Gasteiger partial charge in [-0.1, -0.05) is 27.7 Å². The molecule has 0 aromatic carbocycles. The molecule has 0 radical (unpaired) electrons. The van der Waals surface area contributed by atoms with Gasteiger partial charge >= 0.3 is 6.03 Å². The molecule has 17 heavy (non-hydrogen) atoms. The second-order valence-electron chi connectivity index (χ2n) is 4.75. The van der Waals surface area contributed by atoms with Crippen LogP contribution in [0.4, 0.5) is 4.79 Å². The maximum atomic E-state index is 11.2. The molecule has 0 fully saturated rings. The minimum Gasteiger partial charge on any atom is -0.378 e. The summed E-state index contributed by atoms with van der Waals surface area (Å²) >= 11 is 0. The Morgan fingerprint density at radius 2 is 1.71 bits per heavy atom. The summed E-state index contributed by atoms with van der Waals surface area (Å²) < 4.78 is 5.36. The monoisotopic (exact) mass is 245 g/mol. The van der Waals surface area contributed by atoms with Crippen molar-refractivity contribution < 1.29 is 9.53 Å². The number of amides is 2. The van der Waals surface area contributed by atoms with Crippen LogP contribution >= 0.6 is 0 Å². The van der Waals surface area contributed by atoms with Crippen LogP contribution in [0.5, 0.6) is 0 Å². The number of carbonyl (C=O) groups is 1. The predicted molar refractivity (Wildman–Crippen MR) is 70.2 cm³/mol.